The van der Waals surface area contributed by atoms with Crippen LogP contribution < -0.4 is 9.47 Å². The largest absolute Gasteiger partial charge is 0.493 e. The first-order chi connectivity index (χ1) is 9.36. The second-order valence-corrected chi connectivity index (χ2v) is 4.51. The van der Waals surface area contributed by atoms with Crippen LogP contribution in [0.4, 0.5) is 0 Å². The topological polar surface area (TPSA) is 31.0 Å². The van der Waals surface area contributed by atoms with Gasteiger partial charge in [0, 0.05) is 0 Å². The molecule has 0 bridgehead atoms. The average molecular weight is 256 g/mol. The van der Waals surface area contributed by atoms with Crippen LogP contribution in [0, 0.1) is 0 Å². The summed E-state index contributed by atoms with van der Waals surface area (Å²) in [6.07, 6.45) is 0.233. The van der Waals surface area contributed by atoms with Crippen LogP contribution in [-0.4, -0.2) is 13.7 Å². The van der Waals surface area contributed by atoms with Gasteiger partial charge in [-0.05, 0) is 23.3 Å². The minimum Gasteiger partial charge on any atom is -0.493 e. The van der Waals surface area contributed by atoms with Crippen LogP contribution in [0.25, 0.3) is 0 Å². The predicted molar refractivity (Wildman–Crippen MR) is 72.5 cm³/mol. The molecular formula is C16H16O3. The molecule has 0 unspecified atom stereocenters. The smallest absolute Gasteiger partial charge is 0.161 e. The average Bonchev–Trinajstić information content (AvgIpc) is 3.30. The molecule has 0 radical (unpaired) electrons. The van der Waals surface area contributed by atoms with Crippen molar-refractivity contribution in [2.24, 2.45) is 0 Å². The standard InChI is InChI=1S/C16H16O3/c1-17-15-9-13(16-11-19-16)7-8-14(15)18-10-12-5-3-2-4-6-12/h2-9,16H,10-11H2,1H3/t16-/m1/s1. The summed E-state index contributed by atoms with van der Waals surface area (Å²) in [4.78, 5) is 0. The molecule has 3 rings (SSSR count). The summed E-state index contributed by atoms with van der Waals surface area (Å²) in [5.41, 5.74) is 2.28. The van der Waals surface area contributed by atoms with Crippen molar-refractivity contribution in [2.45, 2.75) is 12.7 Å². The van der Waals surface area contributed by atoms with Gasteiger partial charge in [-0.2, -0.15) is 0 Å². The molecule has 3 nitrogen and oxygen atoms in total. The summed E-state index contributed by atoms with van der Waals surface area (Å²) in [5.74, 6) is 1.51. The second kappa shape index (κ2) is 5.33. The van der Waals surface area contributed by atoms with Gasteiger partial charge in [0.05, 0.1) is 13.7 Å². The summed E-state index contributed by atoms with van der Waals surface area (Å²) < 4.78 is 16.4. The van der Waals surface area contributed by atoms with Gasteiger partial charge in [-0.25, -0.2) is 0 Å². The number of benzene rings is 2. The minimum atomic E-state index is 0.233. The quantitative estimate of drug-likeness (QED) is 0.769. The molecule has 1 saturated heterocycles. The van der Waals surface area contributed by atoms with E-state index in [0.717, 1.165) is 29.2 Å². The molecule has 1 fully saturated rings. The van der Waals surface area contributed by atoms with Gasteiger partial charge in [0.25, 0.3) is 0 Å². The first-order valence-corrected chi connectivity index (χ1v) is 6.33. The Morgan fingerprint density at radius 1 is 1.11 bits per heavy atom. The molecular weight excluding hydrogens is 240 g/mol. The molecule has 0 aromatic heterocycles. The Bertz CT molecular complexity index is 547. The summed E-state index contributed by atoms with van der Waals surface area (Å²) in [5, 5.41) is 0. The number of hydrogen-bond acceptors (Lipinski definition) is 3. The maximum absolute atomic E-state index is 5.80. The molecule has 2 aromatic carbocycles. The molecule has 0 spiro atoms. The molecule has 1 atom stereocenters. The van der Waals surface area contributed by atoms with Crippen LogP contribution in [0.15, 0.2) is 48.5 Å². The van der Waals surface area contributed by atoms with E-state index in [1.807, 2.05) is 48.5 Å². The molecule has 3 heteroatoms. The highest BCUT2D eigenvalue weighted by Gasteiger charge is 2.25. The number of ether oxygens (including phenoxy) is 3. The molecule has 1 heterocycles. The summed E-state index contributed by atoms with van der Waals surface area (Å²) in [7, 11) is 1.66. The fourth-order valence-electron chi connectivity index (χ4n) is 1.98. The van der Waals surface area contributed by atoms with Crippen LogP contribution in [0.1, 0.15) is 17.2 Å². The Morgan fingerprint density at radius 3 is 2.58 bits per heavy atom. The molecule has 19 heavy (non-hydrogen) atoms. The molecule has 0 aliphatic carbocycles. The predicted octanol–water partition coefficient (Wildman–Crippen LogP) is 3.35. The van der Waals surface area contributed by atoms with Crippen molar-refractivity contribution < 1.29 is 14.2 Å². The molecule has 0 N–H and O–H groups in total. The minimum absolute atomic E-state index is 0.233. The highest BCUT2D eigenvalue weighted by Crippen LogP contribution is 2.36. The van der Waals surface area contributed by atoms with E-state index in [9.17, 15) is 0 Å². The fraction of sp³-hybridized carbons (Fsp3) is 0.250. The van der Waals surface area contributed by atoms with Crippen molar-refractivity contribution in [3.05, 3.63) is 59.7 Å². The normalized spacial score (nSPS) is 17.0. The lowest BCUT2D eigenvalue weighted by atomic mass is 10.1. The Kier molecular flexibility index (Phi) is 3.38. The maximum Gasteiger partial charge on any atom is 0.161 e. The van der Waals surface area contributed by atoms with Crippen molar-refractivity contribution in [3.8, 4) is 11.5 Å². The van der Waals surface area contributed by atoms with E-state index < -0.39 is 0 Å². The third-order valence-corrected chi connectivity index (χ3v) is 3.13. The van der Waals surface area contributed by atoms with Gasteiger partial charge in [0.2, 0.25) is 0 Å². The van der Waals surface area contributed by atoms with Crippen molar-refractivity contribution in [1.29, 1.82) is 0 Å². The summed E-state index contributed by atoms with van der Waals surface area (Å²) in [6, 6.07) is 16.0. The van der Waals surface area contributed by atoms with Crippen LogP contribution in [0.5, 0.6) is 11.5 Å². The SMILES string of the molecule is COc1cc([C@H]2CO2)ccc1OCc1ccccc1. The first kappa shape index (κ1) is 12.1. The Morgan fingerprint density at radius 2 is 1.89 bits per heavy atom. The van der Waals surface area contributed by atoms with Gasteiger partial charge >= 0.3 is 0 Å². The summed E-state index contributed by atoms with van der Waals surface area (Å²) >= 11 is 0. The number of epoxide rings is 1. The number of rotatable bonds is 5. The summed E-state index contributed by atoms with van der Waals surface area (Å²) in [6.45, 7) is 1.34. The van der Waals surface area contributed by atoms with E-state index in [-0.39, 0.29) is 6.10 Å². The molecule has 2 aromatic rings. The van der Waals surface area contributed by atoms with Gasteiger partial charge in [-0.1, -0.05) is 36.4 Å². The lowest BCUT2D eigenvalue weighted by molar-refractivity contribution is 0.284. The monoisotopic (exact) mass is 256 g/mol. The van der Waals surface area contributed by atoms with Gasteiger partial charge in [-0.3, -0.25) is 0 Å². The van der Waals surface area contributed by atoms with E-state index in [0.29, 0.717) is 6.61 Å². The Labute approximate surface area is 112 Å². The molecule has 98 valence electrons. The highest BCUT2D eigenvalue weighted by molar-refractivity contribution is 5.44. The molecule has 0 saturated carbocycles. The van der Waals surface area contributed by atoms with E-state index >= 15 is 0 Å². The zero-order chi connectivity index (χ0) is 13.1. The highest BCUT2D eigenvalue weighted by atomic mass is 16.6. The molecule has 0 amide bonds. The third kappa shape index (κ3) is 2.88. The Hall–Kier alpha value is -2.00. The molecule has 1 aliphatic heterocycles. The van der Waals surface area contributed by atoms with Crippen LogP contribution in [0.2, 0.25) is 0 Å². The van der Waals surface area contributed by atoms with Gasteiger partial charge in [0.15, 0.2) is 11.5 Å². The first-order valence-electron chi connectivity index (χ1n) is 6.33. The third-order valence-electron chi connectivity index (χ3n) is 3.13. The zero-order valence-corrected chi connectivity index (χ0v) is 10.8. The van der Waals surface area contributed by atoms with Gasteiger partial charge in [0.1, 0.15) is 12.7 Å². The van der Waals surface area contributed by atoms with Crippen molar-refractivity contribution in [2.75, 3.05) is 13.7 Å². The van der Waals surface area contributed by atoms with Crippen LogP contribution >= 0.6 is 0 Å². The van der Waals surface area contributed by atoms with Gasteiger partial charge < -0.3 is 14.2 Å². The van der Waals surface area contributed by atoms with Crippen LogP contribution in [0.3, 0.4) is 0 Å². The van der Waals surface area contributed by atoms with Crippen molar-refractivity contribution in [1.82, 2.24) is 0 Å². The number of hydrogen-bond donors (Lipinski definition) is 0. The Balaban J connectivity index is 1.73. The second-order valence-electron chi connectivity index (χ2n) is 4.51. The number of methoxy groups -OCH3 is 1. The van der Waals surface area contributed by atoms with Crippen LogP contribution in [-0.2, 0) is 11.3 Å². The van der Waals surface area contributed by atoms with Crippen molar-refractivity contribution in [3.63, 3.8) is 0 Å². The van der Waals surface area contributed by atoms with E-state index in [1.54, 1.807) is 7.11 Å². The van der Waals surface area contributed by atoms with E-state index in [2.05, 4.69) is 0 Å². The molecule has 1 aliphatic rings. The van der Waals surface area contributed by atoms with Crippen molar-refractivity contribution >= 4 is 0 Å². The maximum atomic E-state index is 5.80. The fourth-order valence-corrected chi connectivity index (χ4v) is 1.98. The van der Waals surface area contributed by atoms with E-state index in [4.69, 9.17) is 14.2 Å². The van der Waals surface area contributed by atoms with Gasteiger partial charge in [-0.15, -0.1) is 0 Å². The zero-order valence-electron chi connectivity index (χ0n) is 10.8. The van der Waals surface area contributed by atoms with E-state index in [1.165, 1.54) is 0 Å². The lowest BCUT2D eigenvalue weighted by Gasteiger charge is -2.11. The lowest BCUT2D eigenvalue weighted by Crippen LogP contribution is -1.98.